The monoisotopic (exact) mass is 285 g/mol. The van der Waals surface area contributed by atoms with Gasteiger partial charge in [0, 0.05) is 0 Å². The highest BCUT2D eigenvalue weighted by atomic mass is 19.1. The first kappa shape index (κ1) is 14.3. The van der Waals surface area contributed by atoms with Crippen LogP contribution in [-0.4, -0.2) is 12.5 Å². The molecule has 0 bridgehead atoms. The maximum absolute atomic E-state index is 13.1. The van der Waals surface area contributed by atoms with E-state index in [9.17, 15) is 9.18 Å². The Kier molecular flexibility index (Phi) is 4.36. The van der Waals surface area contributed by atoms with Crippen molar-refractivity contribution < 1.29 is 13.9 Å². The van der Waals surface area contributed by atoms with Gasteiger partial charge in [-0.1, -0.05) is 0 Å². The van der Waals surface area contributed by atoms with Crippen molar-refractivity contribution in [3.63, 3.8) is 0 Å². The van der Waals surface area contributed by atoms with Gasteiger partial charge in [-0.25, -0.2) is 4.39 Å². The van der Waals surface area contributed by atoms with Gasteiger partial charge >= 0.3 is 0 Å². The molecule has 0 aliphatic carbocycles. The number of carbonyl (C=O) groups excluding carboxylic acids is 1. The van der Waals surface area contributed by atoms with Crippen molar-refractivity contribution in [2.45, 2.75) is 0 Å². The van der Waals surface area contributed by atoms with Crippen molar-refractivity contribution in [2.24, 2.45) is 0 Å². The van der Waals surface area contributed by atoms with E-state index in [2.05, 4.69) is 5.32 Å². The molecule has 5 nitrogen and oxygen atoms in total. The number of hydrogen-bond acceptors (Lipinski definition) is 4. The molecule has 0 saturated heterocycles. The molecule has 2 aromatic carbocycles. The topological polar surface area (TPSA) is 88.1 Å². The molecule has 106 valence electrons. The first-order chi connectivity index (χ1) is 10.1. The Morgan fingerprint density at radius 2 is 2.00 bits per heavy atom. The van der Waals surface area contributed by atoms with Crippen LogP contribution in [0.4, 0.5) is 15.8 Å². The molecule has 0 radical (unpaired) electrons. The molecule has 2 rings (SSSR count). The first-order valence-corrected chi connectivity index (χ1v) is 6.06. The lowest BCUT2D eigenvalue weighted by Crippen LogP contribution is -2.20. The average molecular weight is 285 g/mol. The number of nitriles is 1. The van der Waals surface area contributed by atoms with Crippen LogP contribution < -0.4 is 15.8 Å². The summed E-state index contributed by atoms with van der Waals surface area (Å²) < 4.78 is 18.3. The SMILES string of the molecule is N#Cc1ccc(OCC(=O)Nc2cc(F)ccc2N)cc1. The van der Waals surface area contributed by atoms with Crippen LogP contribution in [0.15, 0.2) is 42.5 Å². The number of nitrogens with one attached hydrogen (secondary N) is 1. The number of halogens is 1. The molecule has 0 heterocycles. The number of amides is 1. The van der Waals surface area contributed by atoms with Crippen molar-refractivity contribution in [3.8, 4) is 11.8 Å². The van der Waals surface area contributed by atoms with Gasteiger partial charge in [0.15, 0.2) is 6.61 Å². The number of nitrogen functional groups attached to an aromatic ring is 1. The zero-order chi connectivity index (χ0) is 15.2. The normalized spacial score (nSPS) is 9.71. The van der Waals surface area contributed by atoms with E-state index in [1.165, 1.54) is 12.1 Å². The summed E-state index contributed by atoms with van der Waals surface area (Å²) in [6.07, 6.45) is 0. The second-order valence-electron chi connectivity index (χ2n) is 4.20. The number of benzene rings is 2. The third-order valence-electron chi connectivity index (χ3n) is 2.64. The van der Waals surface area contributed by atoms with Crippen molar-refractivity contribution in [3.05, 3.63) is 53.8 Å². The van der Waals surface area contributed by atoms with Gasteiger partial charge in [0.2, 0.25) is 0 Å². The van der Waals surface area contributed by atoms with Crippen LogP contribution in [0.2, 0.25) is 0 Å². The van der Waals surface area contributed by atoms with Crippen molar-refractivity contribution >= 4 is 17.3 Å². The Bertz CT molecular complexity index is 693. The van der Waals surface area contributed by atoms with E-state index in [0.29, 0.717) is 11.3 Å². The Balaban J connectivity index is 1.92. The lowest BCUT2D eigenvalue weighted by molar-refractivity contribution is -0.118. The van der Waals surface area contributed by atoms with Crippen LogP contribution in [0, 0.1) is 17.1 Å². The maximum atomic E-state index is 13.1. The third-order valence-corrected chi connectivity index (χ3v) is 2.64. The van der Waals surface area contributed by atoms with Gasteiger partial charge in [0.25, 0.3) is 5.91 Å². The highest BCUT2D eigenvalue weighted by Crippen LogP contribution is 2.19. The minimum atomic E-state index is -0.493. The first-order valence-electron chi connectivity index (χ1n) is 6.06. The zero-order valence-electron chi connectivity index (χ0n) is 11.0. The highest BCUT2D eigenvalue weighted by molar-refractivity contribution is 5.94. The summed E-state index contributed by atoms with van der Waals surface area (Å²) in [4.78, 5) is 11.7. The number of rotatable bonds is 4. The van der Waals surface area contributed by atoms with E-state index < -0.39 is 11.7 Å². The van der Waals surface area contributed by atoms with Crippen LogP contribution in [0.5, 0.6) is 5.75 Å². The van der Waals surface area contributed by atoms with Gasteiger partial charge in [-0.3, -0.25) is 4.79 Å². The lowest BCUT2D eigenvalue weighted by atomic mass is 10.2. The second kappa shape index (κ2) is 6.39. The lowest BCUT2D eigenvalue weighted by Gasteiger charge is -2.09. The molecular weight excluding hydrogens is 273 g/mol. The van der Waals surface area contributed by atoms with Crippen LogP contribution in [0.1, 0.15) is 5.56 Å². The number of carbonyl (C=O) groups is 1. The molecule has 1 amide bonds. The molecule has 0 aliphatic heterocycles. The van der Waals surface area contributed by atoms with Gasteiger partial charge in [0.1, 0.15) is 11.6 Å². The van der Waals surface area contributed by atoms with E-state index in [-0.39, 0.29) is 18.0 Å². The van der Waals surface area contributed by atoms with Gasteiger partial charge in [0.05, 0.1) is 23.0 Å². The highest BCUT2D eigenvalue weighted by Gasteiger charge is 2.07. The molecule has 3 N–H and O–H groups in total. The summed E-state index contributed by atoms with van der Waals surface area (Å²) in [7, 11) is 0. The van der Waals surface area contributed by atoms with E-state index >= 15 is 0 Å². The molecular formula is C15H12FN3O2. The number of nitrogens with zero attached hydrogens (tertiary/aromatic N) is 1. The van der Waals surface area contributed by atoms with Gasteiger partial charge in [-0.15, -0.1) is 0 Å². The molecule has 0 unspecified atom stereocenters. The van der Waals surface area contributed by atoms with Crippen LogP contribution in [-0.2, 0) is 4.79 Å². The number of hydrogen-bond donors (Lipinski definition) is 2. The number of nitrogens with two attached hydrogens (primary N) is 1. The molecule has 0 aliphatic rings. The van der Waals surface area contributed by atoms with Crippen LogP contribution in [0.25, 0.3) is 0 Å². The number of ether oxygens (including phenoxy) is 1. The van der Waals surface area contributed by atoms with Crippen molar-refractivity contribution in [1.82, 2.24) is 0 Å². The van der Waals surface area contributed by atoms with Gasteiger partial charge in [-0.2, -0.15) is 5.26 Å². The summed E-state index contributed by atoms with van der Waals surface area (Å²) in [6, 6.07) is 12.0. The fourth-order valence-corrected chi connectivity index (χ4v) is 1.60. The largest absolute Gasteiger partial charge is 0.484 e. The molecule has 0 saturated carbocycles. The van der Waals surface area contributed by atoms with E-state index in [0.717, 1.165) is 6.07 Å². The maximum Gasteiger partial charge on any atom is 0.262 e. The zero-order valence-corrected chi connectivity index (χ0v) is 11.0. The quantitative estimate of drug-likeness (QED) is 0.844. The predicted octanol–water partition coefficient (Wildman–Crippen LogP) is 2.30. The molecule has 0 atom stereocenters. The third kappa shape index (κ3) is 3.94. The summed E-state index contributed by atoms with van der Waals surface area (Å²) in [5.74, 6) is -0.500. The minimum absolute atomic E-state index is 0.198. The fraction of sp³-hybridized carbons (Fsp3) is 0.0667. The second-order valence-corrected chi connectivity index (χ2v) is 4.20. The fourth-order valence-electron chi connectivity index (χ4n) is 1.60. The van der Waals surface area contributed by atoms with Crippen molar-refractivity contribution in [2.75, 3.05) is 17.7 Å². The molecule has 0 fully saturated rings. The molecule has 2 aromatic rings. The summed E-state index contributed by atoms with van der Waals surface area (Å²) in [5.41, 5.74) is 6.59. The standard InChI is InChI=1S/C15H12FN3O2/c16-11-3-6-13(18)14(7-11)19-15(20)9-21-12-4-1-10(8-17)2-5-12/h1-7H,9,18H2,(H,19,20). The van der Waals surface area contributed by atoms with Crippen molar-refractivity contribution in [1.29, 1.82) is 5.26 Å². The Labute approximate surface area is 120 Å². The Hall–Kier alpha value is -3.07. The van der Waals surface area contributed by atoms with Gasteiger partial charge < -0.3 is 15.8 Å². The molecule has 6 heteroatoms. The van der Waals surface area contributed by atoms with Crippen LogP contribution in [0.3, 0.4) is 0 Å². The summed E-state index contributed by atoms with van der Waals surface area (Å²) in [5, 5.41) is 11.1. The van der Waals surface area contributed by atoms with Crippen LogP contribution >= 0.6 is 0 Å². The van der Waals surface area contributed by atoms with E-state index in [1.807, 2.05) is 6.07 Å². The summed E-state index contributed by atoms with van der Waals surface area (Å²) >= 11 is 0. The molecule has 0 spiro atoms. The average Bonchev–Trinajstić information content (AvgIpc) is 2.49. The number of anilines is 2. The molecule has 21 heavy (non-hydrogen) atoms. The summed E-state index contributed by atoms with van der Waals surface area (Å²) in [6.45, 7) is -0.248. The minimum Gasteiger partial charge on any atom is -0.484 e. The Morgan fingerprint density at radius 1 is 1.29 bits per heavy atom. The Morgan fingerprint density at radius 3 is 2.67 bits per heavy atom. The smallest absolute Gasteiger partial charge is 0.262 e. The van der Waals surface area contributed by atoms with E-state index in [4.69, 9.17) is 15.7 Å². The van der Waals surface area contributed by atoms with Gasteiger partial charge in [-0.05, 0) is 42.5 Å². The van der Waals surface area contributed by atoms with E-state index in [1.54, 1.807) is 24.3 Å². The molecule has 0 aromatic heterocycles. The predicted molar refractivity (Wildman–Crippen MR) is 76.1 cm³/mol.